The van der Waals surface area contributed by atoms with Gasteiger partial charge in [0.05, 0.1) is 16.2 Å². The third-order valence-electron chi connectivity index (χ3n) is 3.01. The highest BCUT2D eigenvalue weighted by molar-refractivity contribution is 9.10. The molecule has 0 aliphatic rings. The third kappa shape index (κ3) is 3.35. The van der Waals surface area contributed by atoms with Crippen LogP contribution in [0.1, 0.15) is 25.6 Å². The minimum atomic E-state index is 0.108. The van der Waals surface area contributed by atoms with Gasteiger partial charge in [-0.25, -0.2) is 9.67 Å². The van der Waals surface area contributed by atoms with Crippen LogP contribution in [0, 0.1) is 16.7 Å². The second kappa shape index (κ2) is 5.91. The van der Waals surface area contributed by atoms with E-state index in [4.69, 9.17) is 10.00 Å². The minimum absolute atomic E-state index is 0.108. The zero-order valence-corrected chi connectivity index (χ0v) is 15.3. The fourth-order valence-electron chi connectivity index (χ4n) is 2.08. The van der Waals surface area contributed by atoms with Gasteiger partial charge in [-0.05, 0) is 33.5 Å². The molecule has 2 aromatic heterocycles. The molecule has 0 spiro atoms. The minimum Gasteiger partial charge on any atom is -0.430 e. The summed E-state index contributed by atoms with van der Waals surface area (Å²) in [6, 6.07) is 5.82. The Balaban J connectivity index is 1.95. The Hall–Kier alpha value is -1.98. The van der Waals surface area contributed by atoms with Gasteiger partial charge in [-0.3, -0.25) is 0 Å². The monoisotopic (exact) mass is 391 g/mol. The third-order valence-corrected chi connectivity index (χ3v) is 4.55. The van der Waals surface area contributed by atoms with E-state index in [0.29, 0.717) is 15.8 Å². The number of nitrogens with zero attached hydrogens (tertiary/aromatic N) is 5. The van der Waals surface area contributed by atoms with Crippen molar-refractivity contribution < 1.29 is 4.74 Å². The van der Waals surface area contributed by atoms with Gasteiger partial charge in [0.15, 0.2) is 0 Å². The summed E-state index contributed by atoms with van der Waals surface area (Å²) in [4.78, 5) is 4.58. The molecule has 0 saturated carbocycles. The highest BCUT2D eigenvalue weighted by Crippen LogP contribution is 2.36. The molecule has 0 amide bonds. The fraction of sp³-hybridized carbons (Fsp3) is 0.333. The number of hydrogen-bond donors (Lipinski definition) is 0. The van der Waals surface area contributed by atoms with Crippen LogP contribution in [0.4, 0.5) is 0 Å². The van der Waals surface area contributed by atoms with Gasteiger partial charge in [0.25, 0.3) is 5.19 Å². The van der Waals surface area contributed by atoms with Crippen LogP contribution < -0.4 is 4.74 Å². The summed E-state index contributed by atoms with van der Waals surface area (Å²) >= 11 is 4.73. The van der Waals surface area contributed by atoms with Crippen molar-refractivity contribution >= 4 is 38.3 Å². The lowest BCUT2D eigenvalue weighted by Gasteiger charge is -2.17. The maximum Gasteiger partial charge on any atom is 0.279 e. The quantitative estimate of drug-likeness (QED) is 0.662. The number of halogens is 1. The Bertz CT molecular complexity index is 903. The zero-order chi connectivity index (χ0) is 16.6. The maximum absolute atomic E-state index is 8.84. The maximum atomic E-state index is 8.84. The summed E-state index contributed by atoms with van der Waals surface area (Å²) in [6.45, 7) is 7.24. The van der Waals surface area contributed by atoms with E-state index in [-0.39, 0.29) is 5.41 Å². The van der Waals surface area contributed by atoms with E-state index in [9.17, 15) is 0 Å². The van der Waals surface area contributed by atoms with Gasteiger partial charge in [-0.1, -0.05) is 37.3 Å². The average Bonchev–Trinajstić information content (AvgIpc) is 3.08. The van der Waals surface area contributed by atoms with Crippen molar-refractivity contribution in [1.29, 1.82) is 5.26 Å². The van der Waals surface area contributed by atoms with Crippen molar-refractivity contribution in [3.05, 3.63) is 27.7 Å². The number of benzene rings is 1. The van der Waals surface area contributed by atoms with E-state index >= 15 is 0 Å². The molecule has 0 atom stereocenters. The van der Waals surface area contributed by atoms with E-state index in [2.05, 4.69) is 52.0 Å². The lowest BCUT2D eigenvalue weighted by molar-refractivity contribution is 0.327. The summed E-state index contributed by atoms with van der Waals surface area (Å²) in [5, 5.41) is 17.7. The van der Waals surface area contributed by atoms with Gasteiger partial charge in [0.2, 0.25) is 0 Å². The highest BCUT2D eigenvalue weighted by atomic mass is 79.9. The van der Waals surface area contributed by atoms with Crippen LogP contribution in [0.3, 0.4) is 0 Å². The second-order valence-electron chi connectivity index (χ2n) is 6.26. The fourth-order valence-corrected chi connectivity index (χ4v) is 3.15. The van der Waals surface area contributed by atoms with E-state index in [1.165, 1.54) is 17.5 Å². The molecule has 0 aliphatic heterocycles. The Morgan fingerprint density at radius 2 is 2.17 bits per heavy atom. The number of thiazole rings is 1. The van der Waals surface area contributed by atoms with Gasteiger partial charge >= 0.3 is 0 Å². The van der Waals surface area contributed by atoms with Crippen molar-refractivity contribution in [3.8, 4) is 17.0 Å². The number of rotatable bonds is 3. The lowest BCUT2D eigenvalue weighted by Crippen LogP contribution is -2.16. The van der Waals surface area contributed by atoms with E-state index in [0.717, 1.165) is 22.1 Å². The van der Waals surface area contributed by atoms with Crippen LogP contribution in [-0.2, 0) is 6.54 Å². The van der Waals surface area contributed by atoms with Crippen LogP contribution in [-0.4, -0.2) is 20.0 Å². The molecule has 0 radical (unpaired) electrons. The van der Waals surface area contributed by atoms with Crippen LogP contribution in [0.2, 0.25) is 0 Å². The molecule has 0 unspecified atom stereocenters. The molecular formula is C15H14BrN5OS. The van der Waals surface area contributed by atoms with Crippen molar-refractivity contribution in [3.63, 3.8) is 0 Å². The number of ether oxygens (including phenoxy) is 1. The number of nitriles is 1. The van der Waals surface area contributed by atoms with Crippen LogP contribution >= 0.6 is 27.3 Å². The summed E-state index contributed by atoms with van der Waals surface area (Å²) < 4.78 is 8.36. The summed E-state index contributed by atoms with van der Waals surface area (Å²) in [5.41, 5.74) is 1.79. The van der Waals surface area contributed by atoms with Crippen LogP contribution in [0.5, 0.6) is 10.9 Å². The molecule has 6 nitrogen and oxygen atoms in total. The standard InChI is InChI=1S/C15H14BrN5OS/c1-15(2,3)8-21-10-4-5-11(12(16)13(10)19-20-21)22-14-18-7-9(6-17)23-14/h4-5,7H,8H2,1-3H3. The number of fused-ring (bicyclic) bond motifs is 1. The number of aromatic nitrogens is 4. The zero-order valence-electron chi connectivity index (χ0n) is 12.9. The normalized spacial score (nSPS) is 11.6. The van der Waals surface area contributed by atoms with Crippen molar-refractivity contribution in [2.75, 3.05) is 0 Å². The van der Waals surface area contributed by atoms with Crippen LogP contribution in [0.25, 0.3) is 11.0 Å². The molecule has 0 saturated heterocycles. The predicted octanol–water partition coefficient (Wildman–Crippen LogP) is 4.36. The Morgan fingerprint density at radius 3 is 2.83 bits per heavy atom. The summed E-state index contributed by atoms with van der Waals surface area (Å²) in [6.07, 6.45) is 1.49. The Kier molecular flexibility index (Phi) is 4.08. The molecule has 1 aromatic carbocycles. The van der Waals surface area contributed by atoms with Crippen LogP contribution in [0.15, 0.2) is 22.8 Å². The van der Waals surface area contributed by atoms with Crippen molar-refractivity contribution in [2.45, 2.75) is 27.3 Å². The first kappa shape index (κ1) is 15.9. The molecular weight excluding hydrogens is 378 g/mol. The van der Waals surface area contributed by atoms with E-state index < -0.39 is 0 Å². The number of hydrogen-bond acceptors (Lipinski definition) is 6. The largest absolute Gasteiger partial charge is 0.430 e. The first-order chi connectivity index (χ1) is 10.9. The molecule has 3 aromatic rings. The van der Waals surface area contributed by atoms with Gasteiger partial charge in [0.1, 0.15) is 22.2 Å². The lowest BCUT2D eigenvalue weighted by atomic mass is 9.97. The molecule has 118 valence electrons. The van der Waals surface area contributed by atoms with E-state index in [1.54, 1.807) is 0 Å². The molecule has 0 aliphatic carbocycles. The first-order valence-corrected chi connectivity index (χ1v) is 8.54. The average molecular weight is 392 g/mol. The molecule has 0 bridgehead atoms. The molecule has 8 heteroatoms. The second-order valence-corrected chi connectivity index (χ2v) is 8.04. The SMILES string of the molecule is CC(C)(C)Cn1nnc2c(Br)c(Oc3ncc(C#N)s3)ccc21. The Morgan fingerprint density at radius 1 is 1.39 bits per heavy atom. The van der Waals surface area contributed by atoms with Gasteiger partial charge < -0.3 is 4.74 Å². The molecule has 2 heterocycles. The summed E-state index contributed by atoms with van der Waals surface area (Å²) in [5.74, 6) is 0.596. The van der Waals surface area contributed by atoms with Gasteiger partial charge in [-0.15, -0.1) is 5.10 Å². The Labute approximate surface area is 145 Å². The van der Waals surface area contributed by atoms with Crippen molar-refractivity contribution in [1.82, 2.24) is 20.0 Å². The molecule has 0 N–H and O–H groups in total. The van der Waals surface area contributed by atoms with Crippen molar-refractivity contribution in [2.24, 2.45) is 5.41 Å². The topological polar surface area (TPSA) is 76.6 Å². The first-order valence-electron chi connectivity index (χ1n) is 6.93. The highest BCUT2D eigenvalue weighted by Gasteiger charge is 2.18. The molecule has 23 heavy (non-hydrogen) atoms. The van der Waals surface area contributed by atoms with Gasteiger partial charge in [-0.2, -0.15) is 5.26 Å². The predicted molar refractivity (Wildman–Crippen MR) is 91.6 cm³/mol. The van der Waals surface area contributed by atoms with Gasteiger partial charge in [0, 0.05) is 6.54 Å². The smallest absolute Gasteiger partial charge is 0.279 e. The molecule has 0 fully saturated rings. The summed E-state index contributed by atoms with van der Waals surface area (Å²) in [7, 11) is 0. The van der Waals surface area contributed by atoms with E-state index in [1.807, 2.05) is 22.9 Å². The molecule has 3 rings (SSSR count).